The molecule has 26 nitrogen and oxygen atoms in total. The number of nitrogens with one attached hydrogen (secondary N) is 7. The molecular weight excluding hydrogens is 1690 g/mol. The summed E-state index contributed by atoms with van der Waals surface area (Å²) >= 11 is 0. The lowest BCUT2D eigenvalue weighted by Gasteiger charge is -2.22. The molecule has 21 rings (SSSR count). The number of benzene rings is 8. The van der Waals surface area contributed by atoms with Gasteiger partial charge >= 0.3 is 0 Å². The average molecular weight is 1790 g/mol. The van der Waals surface area contributed by atoms with Crippen molar-refractivity contribution in [2.75, 3.05) is 65.9 Å². The van der Waals surface area contributed by atoms with Crippen molar-refractivity contribution >= 4 is 169 Å². The van der Waals surface area contributed by atoms with E-state index in [2.05, 4.69) is 132 Å². The van der Waals surface area contributed by atoms with Crippen molar-refractivity contribution in [2.45, 2.75) is 135 Å². The second-order valence-corrected chi connectivity index (χ2v) is 35.5. The summed E-state index contributed by atoms with van der Waals surface area (Å²) < 4.78 is 52.2. The molecule has 0 bridgehead atoms. The number of nitrogens with two attached hydrogens (primary N) is 6. The fourth-order valence-corrected chi connectivity index (χ4v) is 17.2. The molecule has 7 aromatic heterocycles. The van der Waals surface area contributed by atoms with Gasteiger partial charge in [-0.25, -0.2) is 42.5 Å². The van der Waals surface area contributed by atoms with Crippen LogP contribution in [-0.2, 0) is 35.2 Å². The number of amides is 6. The molecule has 1 saturated heterocycles. The van der Waals surface area contributed by atoms with Crippen LogP contribution < -0.4 is 65.9 Å². The standard InChI is InChI=1S/C24H18N4O.C21H21FN4O.2C20H21FN4O.C18H19FN4O2/c25-12-17-9-20(17)24(29)28-23-11-16-8-15(10-22(26)21(16)13-27-23)19-7-3-5-14-4-1-2-6-18(14)19;1-2-13-14(4-3-5-18(13)23)11-6-12-8-20(25-10-16(12)19(24)7-11)26-21(27)15-9-17(15)22;2*1-10(2)19-13(3-4-23-19)11-5-12-7-18(24-9-15(12)17(22)6-11)25-20(26)14-8-16(14)21;1-9-2-3-17(24)23(9)11-4-10-5-16(21-8-13(10)15(20)6-11)22-18(25)12-7-14(12)19/h1-8,10-11,13,17,20H,9,26H2,(H,27,28,29);3-8,10,15,17H,2,9,23-24H2,1H3,(H,25,26,27);2*3-7,9-10,14,16,23H,8,22H2,1-2H3,(H,24,25,26);4-6,8-9,12,14H,2-3,7,20H2,1H3,(H,21,22,25)/t17-,20+;15-,17+;14-,16+;14-,16-;9?,12-,14+/m01111/s1. The van der Waals surface area contributed by atoms with Gasteiger partial charge in [0.1, 0.15) is 53.8 Å². The minimum absolute atomic E-state index is 0.0801. The predicted molar refractivity (Wildman–Crippen MR) is 519 cm³/mol. The van der Waals surface area contributed by atoms with Crippen LogP contribution in [0.1, 0.15) is 115 Å². The maximum Gasteiger partial charge on any atom is 0.231 e. The minimum Gasteiger partial charge on any atom is -0.398 e. The van der Waals surface area contributed by atoms with E-state index in [9.17, 15) is 46.3 Å². The number of nitrogen functional groups attached to an aromatic ring is 6. The number of hydrogen-bond acceptors (Lipinski definition) is 18. The Balaban J connectivity index is 0.000000116. The van der Waals surface area contributed by atoms with Crippen molar-refractivity contribution < 1.29 is 46.3 Å². The third-order valence-corrected chi connectivity index (χ3v) is 25.2. The van der Waals surface area contributed by atoms with Crippen LogP contribution in [0.15, 0.2) is 207 Å². The summed E-state index contributed by atoms with van der Waals surface area (Å²) in [6.07, 6.45) is 11.8. The summed E-state index contributed by atoms with van der Waals surface area (Å²) in [5.41, 5.74) is 53.5. The van der Waals surface area contributed by atoms with E-state index in [1.54, 1.807) is 66.2 Å². The van der Waals surface area contributed by atoms with Gasteiger partial charge in [0.2, 0.25) is 35.4 Å². The molecule has 1 aliphatic heterocycles. The number of halogens is 4. The molecule has 6 fully saturated rings. The number of carbonyl (C=O) groups excluding carboxylic acids is 6. The lowest BCUT2D eigenvalue weighted by atomic mass is 9.94. The fourth-order valence-electron chi connectivity index (χ4n) is 17.2. The average Bonchev–Trinajstić information content (AvgIpc) is 1.74. The Labute approximate surface area is 762 Å². The summed E-state index contributed by atoms with van der Waals surface area (Å²) in [5, 5.41) is 33.1. The molecule has 5 saturated carbocycles. The molecule has 11 atom stereocenters. The van der Waals surface area contributed by atoms with E-state index in [1.165, 1.54) is 5.39 Å². The highest BCUT2D eigenvalue weighted by atomic mass is 19.1. The quantitative estimate of drug-likeness (QED) is 0.0280. The highest BCUT2D eigenvalue weighted by molar-refractivity contribution is 6.08. The molecule has 6 amide bonds. The first kappa shape index (κ1) is 89.4. The molecule has 15 aromatic rings. The number of nitrogens with zero attached hydrogens (tertiary/aromatic N) is 7. The monoisotopic (exact) mass is 1790 g/mol. The first-order valence-corrected chi connectivity index (χ1v) is 44.4. The molecular formula is C103H100F4N20O6. The molecule has 5 aliphatic carbocycles. The smallest absolute Gasteiger partial charge is 0.231 e. The number of fused-ring (bicyclic) bond motifs is 6. The summed E-state index contributed by atoms with van der Waals surface area (Å²) in [6.45, 7) is 12.6. The lowest BCUT2D eigenvalue weighted by molar-refractivity contribution is -0.118. The third-order valence-electron chi connectivity index (χ3n) is 25.2. The normalized spacial score (nSPS) is 19.9. The van der Waals surface area contributed by atoms with Crippen LogP contribution in [0.3, 0.4) is 0 Å². The highest BCUT2D eigenvalue weighted by Gasteiger charge is 2.47. The Bertz CT molecular complexity index is 7030. The van der Waals surface area contributed by atoms with Crippen molar-refractivity contribution in [1.82, 2.24) is 34.9 Å². The first-order valence-electron chi connectivity index (χ1n) is 44.4. The Morgan fingerprint density at radius 1 is 0.414 bits per heavy atom. The largest absolute Gasteiger partial charge is 0.398 e. The number of hydrogen-bond donors (Lipinski definition) is 13. The molecule has 133 heavy (non-hydrogen) atoms. The number of nitriles is 1. The predicted octanol–water partition coefficient (Wildman–Crippen LogP) is 19.8. The van der Waals surface area contributed by atoms with E-state index in [4.69, 9.17) is 39.7 Å². The van der Waals surface area contributed by atoms with Crippen LogP contribution >= 0.6 is 0 Å². The van der Waals surface area contributed by atoms with Gasteiger partial charge in [0.15, 0.2) is 0 Å². The van der Waals surface area contributed by atoms with Crippen molar-refractivity contribution in [3.8, 4) is 50.6 Å². The number of aromatic amines is 2. The van der Waals surface area contributed by atoms with E-state index in [1.807, 2.05) is 122 Å². The highest BCUT2D eigenvalue weighted by Crippen LogP contribution is 2.45. The SMILES string of the molecule is CC(C)c1[nH]ccc1-c1cc(N)c2cnc(NC(=O)[C@@H]3C[C@@H]3F)cc2c1.CC(C)c1[nH]ccc1-c1cc(N)c2cnc(NC(=O)[C@@H]3C[C@H]3F)cc2c1.CC1CCC(=O)N1c1cc(N)c2cnc(NC(=O)[C@@H]3C[C@@H]3F)cc2c1.CCc1c(N)cccc1-c1cc(N)c2cnc(NC(=O)[C@@H]3C[C@@H]3F)cc2c1.N#C[C@@H]1C[C@H]1C(=O)Nc1cc2cc(-c3cccc4ccccc34)cc(N)c2cn1. The molecule has 8 aromatic carbocycles. The summed E-state index contributed by atoms with van der Waals surface area (Å²) in [6, 6.07) is 55.0. The van der Waals surface area contributed by atoms with Gasteiger partial charge in [-0.3, -0.25) is 28.8 Å². The topological polar surface area (TPSA) is 442 Å². The van der Waals surface area contributed by atoms with Gasteiger partial charge in [-0.15, -0.1) is 0 Å². The number of aromatic nitrogens is 7. The molecule has 1 unspecified atom stereocenters. The van der Waals surface area contributed by atoms with Gasteiger partial charge in [0.25, 0.3) is 0 Å². The minimum atomic E-state index is -1.05. The van der Waals surface area contributed by atoms with Gasteiger partial charge in [0, 0.05) is 145 Å². The van der Waals surface area contributed by atoms with E-state index in [-0.39, 0.29) is 66.2 Å². The zero-order valence-electron chi connectivity index (χ0n) is 73.8. The van der Waals surface area contributed by atoms with E-state index < -0.39 is 48.4 Å². The maximum atomic E-state index is 13.1. The third kappa shape index (κ3) is 19.5. The van der Waals surface area contributed by atoms with Gasteiger partial charge < -0.3 is 75.9 Å². The lowest BCUT2D eigenvalue weighted by Crippen LogP contribution is -2.30. The van der Waals surface area contributed by atoms with Gasteiger partial charge in [0.05, 0.1) is 41.6 Å². The van der Waals surface area contributed by atoms with Gasteiger partial charge in [-0.1, -0.05) is 89.2 Å². The Hall–Kier alpha value is -15.5. The van der Waals surface area contributed by atoms with Crippen molar-refractivity contribution in [3.63, 3.8) is 0 Å². The molecule has 0 radical (unpaired) electrons. The number of H-pyrrole nitrogens is 2. The second-order valence-electron chi connectivity index (χ2n) is 35.5. The number of alkyl halides is 4. The van der Waals surface area contributed by atoms with E-state index in [0.717, 1.165) is 145 Å². The zero-order chi connectivity index (χ0) is 93.6. The van der Waals surface area contributed by atoms with Crippen LogP contribution in [0.2, 0.25) is 0 Å². The first-order chi connectivity index (χ1) is 63.9. The molecule has 0 spiro atoms. The summed E-state index contributed by atoms with van der Waals surface area (Å²) in [4.78, 5) is 102. The van der Waals surface area contributed by atoms with Gasteiger partial charge in [-0.05, 0) is 250 Å². The fraction of sp³-hybridized carbons (Fsp3) is 0.262. The maximum absolute atomic E-state index is 13.1. The van der Waals surface area contributed by atoms with E-state index >= 15 is 0 Å². The summed E-state index contributed by atoms with van der Waals surface area (Å²) in [7, 11) is 0. The second kappa shape index (κ2) is 37.1. The molecule has 30 heteroatoms. The van der Waals surface area contributed by atoms with Crippen LogP contribution in [0.25, 0.3) is 109 Å². The molecule has 19 N–H and O–H groups in total. The number of anilines is 12. The zero-order valence-corrected chi connectivity index (χ0v) is 73.8. The van der Waals surface area contributed by atoms with Crippen LogP contribution in [-0.4, -0.2) is 101 Å². The Morgan fingerprint density at radius 3 is 1.11 bits per heavy atom. The van der Waals surface area contributed by atoms with Gasteiger partial charge in [-0.2, -0.15) is 5.26 Å². The number of pyridine rings is 5. The summed E-state index contributed by atoms with van der Waals surface area (Å²) in [5.74, 6) is -1.25. The Kier molecular flexibility index (Phi) is 25.0. The van der Waals surface area contributed by atoms with Crippen LogP contribution in [0.5, 0.6) is 0 Å². The van der Waals surface area contributed by atoms with Crippen LogP contribution in [0.4, 0.5) is 86.5 Å². The van der Waals surface area contributed by atoms with Crippen molar-refractivity contribution in [2.24, 2.45) is 35.5 Å². The number of rotatable bonds is 18. The van der Waals surface area contributed by atoms with E-state index in [0.29, 0.717) is 95.0 Å². The molecule has 676 valence electrons. The van der Waals surface area contributed by atoms with Crippen molar-refractivity contribution in [3.05, 3.63) is 224 Å². The van der Waals surface area contributed by atoms with Crippen LogP contribution in [0, 0.1) is 46.8 Å². The Morgan fingerprint density at radius 2 is 0.752 bits per heavy atom. The number of carbonyl (C=O) groups is 6. The molecule has 6 aliphatic rings. The molecule has 8 heterocycles. The van der Waals surface area contributed by atoms with Crippen molar-refractivity contribution in [1.29, 1.82) is 5.26 Å².